The average molecular weight is 344 g/mol. The number of aromatic hydroxyl groups is 1. The van der Waals surface area contributed by atoms with Gasteiger partial charge < -0.3 is 9.52 Å². The van der Waals surface area contributed by atoms with Crippen molar-refractivity contribution in [2.75, 3.05) is 0 Å². The molecule has 0 saturated heterocycles. The number of carbonyl (C=O) groups excluding carboxylic acids is 1. The quantitative estimate of drug-likeness (QED) is 0.449. The number of furan rings is 1. The molecule has 4 rings (SSSR count). The van der Waals surface area contributed by atoms with Gasteiger partial charge in [0.1, 0.15) is 17.1 Å². The first kappa shape index (κ1) is 16.4. The molecule has 0 bridgehead atoms. The summed E-state index contributed by atoms with van der Waals surface area (Å²) in [4.78, 5) is 12.9. The number of hydrogen-bond donors (Lipinski definition) is 1. The molecule has 0 atom stereocenters. The Morgan fingerprint density at radius 3 is 2.54 bits per heavy atom. The summed E-state index contributed by atoms with van der Waals surface area (Å²) < 4.78 is 6.09. The van der Waals surface area contributed by atoms with Crippen molar-refractivity contribution in [1.82, 2.24) is 0 Å². The van der Waals surface area contributed by atoms with Crippen molar-refractivity contribution >= 4 is 27.5 Å². The molecule has 0 fully saturated rings. The zero-order valence-electron chi connectivity index (χ0n) is 14.8. The minimum atomic E-state index is 0.103. The highest BCUT2D eigenvalue weighted by molar-refractivity contribution is 6.12. The van der Waals surface area contributed by atoms with Crippen LogP contribution >= 0.6 is 0 Å². The number of carbonyl (C=O) groups is 1. The second kappa shape index (κ2) is 6.34. The summed E-state index contributed by atoms with van der Waals surface area (Å²) in [5.41, 5.74) is 2.25. The highest BCUT2D eigenvalue weighted by Gasteiger charge is 2.22. The SMILES string of the molecule is CC(C)CC(=O)c1c(-c2ccc3cc(O)ccc3c2)oc2ccccc12. The van der Waals surface area contributed by atoms with Gasteiger partial charge in [-0.1, -0.05) is 50.2 Å². The predicted octanol–water partition coefficient (Wildman–Crippen LogP) is 6.19. The van der Waals surface area contributed by atoms with Crippen LogP contribution in [0.2, 0.25) is 0 Å². The van der Waals surface area contributed by atoms with Crippen LogP contribution in [0.15, 0.2) is 65.1 Å². The molecule has 4 aromatic rings. The molecule has 0 aliphatic rings. The van der Waals surface area contributed by atoms with Gasteiger partial charge in [0.2, 0.25) is 0 Å². The number of rotatable bonds is 4. The molecule has 0 aliphatic carbocycles. The van der Waals surface area contributed by atoms with E-state index in [9.17, 15) is 9.90 Å². The van der Waals surface area contributed by atoms with Gasteiger partial charge in [-0.2, -0.15) is 0 Å². The van der Waals surface area contributed by atoms with Crippen molar-refractivity contribution in [2.45, 2.75) is 20.3 Å². The van der Waals surface area contributed by atoms with E-state index in [0.29, 0.717) is 17.7 Å². The van der Waals surface area contributed by atoms with Gasteiger partial charge in [0, 0.05) is 17.4 Å². The topological polar surface area (TPSA) is 50.4 Å². The van der Waals surface area contributed by atoms with Crippen molar-refractivity contribution in [2.24, 2.45) is 5.92 Å². The van der Waals surface area contributed by atoms with Gasteiger partial charge in [-0.15, -0.1) is 0 Å². The molecule has 0 unspecified atom stereocenters. The summed E-state index contributed by atoms with van der Waals surface area (Å²) in [5, 5.41) is 12.4. The smallest absolute Gasteiger partial charge is 0.167 e. The monoisotopic (exact) mass is 344 g/mol. The van der Waals surface area contributed by atoms with Crippen LogP contribution < -0.4 is 0 Å². The van der Waals surface area contributed by atoms with Crippen molar-refractivity contribution in [3.63, 3.8) is 0 Å². The van der Waals surface area contributed by atoms with E-state index in [1.165, 1.54) is 0 Å². The van der Waals surface area contributed by atoms with Crippen LogP contribution in [0.5, 0.6) is 5.75 Å². The molecule has 130 valence electrons. The molecule has 3 aromatic carbocycles. The summed E-state index contributed by atoms with van der Waals surface area (Å²) in [6.07, 6.45) is 0.484. The number of hydrogen-bond acceptors (Lipinski definition) is 3. The van der Waals surface area contributed by atoms with E-state index in [1.807, 2.05) is 62.4 Å². The lowest BCUT2D eigenvalue weighted by atomic mass is 9.95. The van der Waals surface area contributed by atoms with E-state index >= 15 is 0 Å². The molecule has 0 radical (unpaired) electrons. The van der Waals surface area contributed by atoms with Crippen molar-refractivity contribution in [3.8, 4) is 17.1 Å². The second-order valence-electron chi connectivity index (χ2n) is 7.07. The predicted molar refractivity (Wildman–Crippen MR) is 105 cm³/mol. The Kier molecular flexibility index (Phi) is 4.00. The third-order valence-electron chi connectivity index (χ3n) is 4.55. The van der Waals surface area contributed by atoms with E-state index in [1.54, 1.807) is 12.1 Å². The second-order valence-corrected chi connectivity index (χ2v) is 7.07. The van der Waals surface area contributed by atoms with Crippen molar-refractivity contribution < 1.29 is 14.3 Å². The number of phenols is 1. The standard InChI is InChI=1S/C23H20O3/c1-14(2)11-20(25)22-19-5-3-4-6-21(19)26-23(22)17-8-7-16-13-18(24)10-9-15(16)12-17/h3-10,12-14,24H,11H2,1-2H3. The third-order valence-corrected chi connectivity index (χ3v) is 4.55. The molecule has 3 nitrogen and oxygen atoms in total. The highest BCUT2D eigenvalue weighted by atomic mass is 16.3. The van der Waals surface area contributed by atoms with E-state index in [4.69, 9.17) is 4.42 Å². The molecule has 0 amide bonds. The van der Waals surface area contributed by atoms with E-state index in [2.05, 4.69) is 0 Å². The Morgan fingerprint density at radius 2 is 1.73 bits per heavy atom. The Morgan fingerprint density at radius 1 is 1.00 bits per heavy atom. The van der Waals surface area contributed by atoms with E-state index in [-0.39, 0.29) is 17.5 Å². The minimum Gasteiger partial charge on any atom is -0.508 e. The number of fused-ring (bicyclic) bond motifs is 2. The molecule has 0 aliphatic heterocycles. The lowest BCUT2D eigenvalue weighted by molar-refractivity contribution is 0.0969. The summed E-state index contributed by atoms with van der Waals surface area (Å²) in [5.74, 6) is 1.24. The molecule has 1 N–H and O–H groups in total. The number of para-hydroxylation sites is 1. The van der Waals surface area contributed by atoms with Gasteiger partial charge in [0.15, 0.2) is 5.78 Å². The summed E-state index contributed by atoms with van der Waals surface area (Å²) in [6, 6.07) is 18.8. The summed E-state index contributed by atoms with van der Waals surface area (Å²) in [6.45, 7) is 4.09. The van der Waals surface area contributed by atoms with Crippen molar-refractivity contribution in [3.05, 3.63) is 66.2 Å². The highest BCUT2D eigenvalue weighted by Crippen LogP contribution is 2.36. The van der Waals surface area contributed by atoms with Crippen LogP contribution in [-0.4, -0.2) is 10.9 Å². The fourth-order valence-electron chi connectivity index (χ4n) is 3.37. The third kappa shape index (κ3) is 2.86. The summed E-state index contributed by atoms with van der Waals surface area (Å²) >= 11 is 0. The largest absolute Gasteiger partial charge is 0.508 e. The molecular weight excluding hydrogens is 324 g/mol. The minimum absolute atomic E-state index is 0.103. The van der Waals surface area contributed by atoms with E-state index in [0.717, 1.165) is 27.3 Å². The van der Waals surface area contributed by atoms with Crippen LogP contribution in [0.3, 0.4) is 0 Å². The Bertz CT molecular complexity index is 1120. The zero-order valence-corrected chi connectivity index (χ0v) is 14.8. The van der Waals surface area contributed by atoms with Crippen LogP contribution in [0, 0.1) is 5.92 Å². The Balaban J connectivity index is 1.93. The van der Waals surface area contributed by atoms with Crippen molar-refractivity contribution in [1.29, 1.82) is 0 Å². The number of ketones is 1. The van der Waals surface area contributed by atoms with Gasteiger partial charge in [-0.05, 0) is 41.0 Å². The number of phenolic OH excluding ortho intramolecular Hbond substituents is 1. The maximum absolute atomic E-state index is 12.9. The maximum atomic E-state index is 12.9. The van der Waals surface area contributed by atoms with Gasteiger partial charge in [-0.3, -0.25) is 4.79 Å². The first-order valence-corrected chi connectivity index (χ1v) is 8.81. The zero-order chi connectivity index (χ0) is 18.3. The fraction of sp³-hybridized carbons (Fsp3) is 0.174. The van der Waals surface area contributed by atoms with Gasteiger partial charge >= 0.3 is 0 Å². The first-order chi connectivity index (χ1) is 12.5. The van der Waals surface area contributed by atoms with Crippen LogP contribution in [0.1, 0.15) is 30.6 Å². The lowest BCUT2D eigenvalue weighted by Gasteiger charge is -2.07. The molecule has 3 heteroatoms. The van der Waals surface area contributed by atoms with Crippen LogP contribution in [-0.2, 0) is 0 Å². The fourth-order valence-corrected chi connectivity index (χ4v) is 3.37. The molecular formula is C23H20O3. The normalized spacial score (nSPS) is 11.5. The Labute approximate surface area is 151 Å². The molecule has 1 aromatic heterocycles. The van der Waals surface area contributed by atoms with Gasteiger partial charge in [-0.25, -0.2) is 0 Å². The number of benzene rings is 3. The maximum Gasteiger partial charge on any atom is 0.167 e. The van der Waals surface area contributed by atoms with Crippen LogP contribution in [0.4, 0.5) is 0 Å². The molecule has 0 saturated carbocycles. The lowest BCUT2D eigenvalue weighted by Crippen LogP contribution is -2.04. The number of Topliss-reactive ketones (excluding diaryl/α,β-unsaturated/α-hetero) is 1. The van der Waals surface area contributed by atoms with E-state index < -0.39 is 0 Å². The molecule has 26 heavy (non-hydrogen) atoms. The summed E-state index contributed by atoms with van der Waals surface area (Å²) in [7, 11) is 0. The average Bonchev–Trinajstić information content (AvgIpc) is 3.00. The molecule has 1 heterocycles. The van der Waals surface area contributed by atoms with Gasteiger partial charge in [0.05, 0.1) is 5.56 Å². The van der Waals surface area contributed by atoms with Gasteiger partial charge in [0.25, 0.3) is 0 Å². The Hall–Kier alpha value is -3.07. The van der Waals surface area contributed by atoms with Crippen LogP contribution in [0.25, 0.3) is 33.1 Å². The molecule has 0 spiro atoms. The first-order valence-electron chi connectivity index (χ1n) is 8.81.